The predicted molar refractivity (Wildman–Crippen MR) is 70.2 cm³/mol. The van der Waals surface area contributed by atoms with Crippen LogP contribution < -0.4 is 0 Å². The smallest absolute Gasteiger partial charge is 0.137 e. The molecular weight excluding hydrogens is 302 g/mol. The fourth-order valence-electron chi connectivity index (χ4n) is 2.65. The zero-order valence-electron chi connectivity index (χ0n) is 10.1. The molecule has 1 aromatic rings. The van der Waals surface area contributed by atoms with Crippen LogP contribution in [-0.2, 0) is 0 Å². The van der Waals surface area contributed by atoms with E-state index in [1.165, 1.54) is 12.8 Å². The average Bonchev–Trinajstić information content (AvgIpc) is 2.61. The fraction of sp³-hybridized carbons (Fsp3) is 0.571. The highest BCUT2D eigenvalue weighted by molar-refractivity contribution is 9.10. The second-order valence-electron chi connectivity index (χ2n) is 4.98. The van der Waals surface area contributed by atoms with Gasteiger partial charge in [-0.3, -0.25) is 0 Å². The topological polar surface area (TPSA) is 20.2 Å². The molecule has 1 nitrogen and oxygen atoms in total. The molecule has 1 aliphatic carbocycles. The van der Waals surface area contributed by atoms with Crippen LogP contribution in [0.1, 0.15) is 50.2 Å². The third-order valence-corrected chi connectivity index (χ3v) is 4.31. The van der Waals surface area contributed by atoms with Gasteiger partial charge in [0.25, 0.3) is 0 Å². The summed E-state index contributed by atoms with van der Waals surface area (Å²) < 4.78 is 27.3. The van der Waals surface area contributed by atoms with Crippen LogP contribution in [0.2, 0.25) is 0 Å². The van der Waals surface area contributed by atoms with E-state index in [0.717, 1.165) is 37.8 Å². The standard InChI is InChI=1S/C14H17BrF2O/c15-11-8-12(16)10(7-13(11)17)14(18)9-5-3-1-2-4-6-9/h7-9,14,18H,1-6H2. The Labute approximate surface area is 114 Å². The Morgan fingerprint density at radius 2 is 1.67 bits per heavy atom. The molecule has 1 saturated carbocycles. The number of hydrogen-bond acceptors (Lipinski definition) is 1. The van der Waals surface area contributed by atoms with Crippen LogP contribution in [0, 0.1) is 17.6 Å². The minimum absolute atomic E-state index is 0.0441. The van der Waals surface area contributed by atoms with Gasteiger partial charge >= 0.3 is 0 Å². The SMILES string of the molecule is OC(c1cc(F)c(Br)cc1F)C1CCCCCC1. The van der Waals surface area contributed by atoms with E-state index in [2.05, 4.69) is 15.9 Å². The molecular formula is C14H17BrF2O. The van der Waals surface area contributed by atoms with E-state index in [1.54, 1.807) is 0 Å². The van der Waals surface area contributed by atoms with Crippen molar-refractivity contribution in [3.8, 4) is 0 Å². The van der Waals surface area contributed by atoms with Gasteiger partial charge in [0.2, 0.25) is 0 Å². The number of halogens is 3. The zero-order chi connectivity index (χ0) is 13.1. The van der Waals surface area contributed by atoms with Gasteiger partial charge in [0.15, 0.2) is 0 Å². The third-order valence-electron chi connectivity index (χ3n) is 3.70. The molecule has 1 atom stereocenters. The van der Waals surface area contributed by atoms with Crippen LogP contribution in [-0.4, -0.2) is 5.11 Å². The Morgan fingerprint density at radius 3 is 2.28 bits per heavy atom. The van der Waals surface area contributed by atoms with Gasteiger partial charge in [-0.05, 0) is 46.8 Å². The molecule has 1 N–H and O–H groups in total. The summed E-state index contributed by atoms with van der Waals surface area (Å²) in [6.45, 7) is 0. The van der Waals surface area contributed by atoms with Crippen molar-refractivity contribution in [2.45, 2.75) is 44.6 Å². The molecule has 1 aliphatic rings. The van der Waals surface area contributed by atoms with Gasteiger partial charge < -0.3 is 5.11 Å². The van der Waals surface area contributed by atoms with E-state index in [9.17, 15) is 13.9 Å². The van der Waals surface area contributed by atoms with E-state index in [-0.39, 0.29) is 16.0 Å². The third kappa shape index (κ3) is 3.09. The highest BCUT2D eigenvalue weighted by Gasteiger charge is 2.25. The Balaban J connectivity index is 2.21. The van der Waals surface area contributed by atoms with Crippen molar-refractivity contribution in [1.82, 2.24) is 0 Å². The molecule has 0 saturated heterocycles. The summed E-state index contributed by atoms with van der Waals surface area (Å²) in [5.41, 5.74) is 0.0857. The highest BCUT2D eigenvalue weighted by atomic mass is 79.9. The van der Waals surface area contributed by atoms with Gasteiger partial charge in [-0.2, -0.15) is 0 Å². The molecule has 1 unspecified atom stereocenters. The molecule has 18 heavy (non-hydrogen) atoms. The molecule has 0 radical (unpaired) electrons. The average molecular weight is 319 g/mol. The van der Waals surface area contributed by atoms with Crippen LogP contribution >= 0.6 is 15.9 Å². The maximum atomic E-state index is 13.8. The van der Waals surface area contributed by atoms with Crippen molar-refractivity contribution in [2.24, 2.45) is 5.92 Å². The normalized spacial score (nSPS) is 19.6. The van der Waals surface area contributed by atoms with Gasteiger partial charge in [-0.1, -0.05) is 25.7 Å². The van der Waals surface area contributed by atoms with Crippen LogP contribution in [0.4, 0.5) is 8.78 Å². The minimum Gasteiger partial charge on any atom is -0.388 e. The number of aliphatic hydroxyl groups excluding tert-OH is 1. The highest BCUT2D eigenvalue weighted by Crippen LogP contribution is 2.35. The second kappa shape index (κ2) is 6.11. The van der Waals surface area contributed by atoms with Crippen LogP contribution in [0.5, 0.6) is 0 Å². The molecule has 0 aliphatic heterocycles. The minimum atomic E-state index is -0.898. The van der Waals surface area contributed by atoms with Crippen LogP contribution in [0.3, 0.4) is 0 Å². The summed E-state index contributed by atoms with van der Waals surface area (Å²) in [4.78, 5) is 0. The van der Waals surface area contributed by atoms with Gasteiger partial charge in [-0.15, -0.1) is 0 Å². The van der Waals surface area contributed by atoms with Crippen LogP contribution in [0.25, 0.3) is 0 Å². The molecule has 0 spiro atoms. The summed E-state index contributed by atoms with van der Waals surface area (Å²) in [7, 11) is 0. The molecule has 0 bridgehead atoms. The molecule has 0 aromatic heterocycles. The maximum absolute atomic E-state index is 13.8. The second-order valence-corrected chi connectivity index (χ2v) is 5.84. The van der Waals surface area contributed by atoms with E-state index >= 15 is 0 Å². The van der Waals surface area contributed by atoms with Crippen molar-refractivity contribution in [1.29, 1.82) is 0 Å². The summed E-state index contributed by atoms with van der Waals surface area (Å²) in [5.74, 6) is -1.03. The first kappa shape index (κ1) is 13.9. The van der Waals surface area contributed by atoms with E-state index in [1.807, 2.05) is 0 Å². The number of benzene rings is 1. The van der Waals surface area contributed by atoms with E-state index < -0.39 is 17.7 Å². The van der Waals surface area contributed by atoms with Crippen molar-refractivity contribution in [2.75, 3.05) is 0 Å². The quantitative estimate of drug-likeness (QED) is 0.617. The maximum Gasteiger partial charge on any atom is 0.137 e. The fourth-order valence-corrected chi connectivity index (χ4v) is 2.96. The molecule has 0 amide bonds. The van der Waals surface area contributed by atoms with Gasteiger partial charge in [0, 0.05) is 5.56 Å². The van der Waals surface area contributed by atoms with Gasteiger partial charge in [0.05, 0.1) is 10.6 Å². The van der Waals surface area contributed by atoms with Crippen LogP contribution in [0.15, 0.2) is 16.6 Å². The molecule has 1 aromatic carbocycles. The lowest BCUT2D eigenvalue weighted by molar-refractivity contribution is 0.0948. The largest absolute Gasteiger partial charge is 0.388 e. The number of hydrogen-bond donors (Lipinski definition) is 1. The lowest BCUT2D eigenvalue weighted by atomic mass is 9.89. The molecule has 2 rings (SSSR count). The molecule has 4 heteroatoms. The zero-order valence-corrected chi connectivity index (χ0v) is 11.7. The first-order chi connectivity index (χ1) is 8.59. The van der Waals surface area contributed by atoms with E-state index in [0.29, 0.717) is 0 Å². The lowest BCUT2D eigenvalue weighted by Gasteiger charge is -2.22. The molecule has 1 fully saturated rings. The summed E-state index contributed by atoms with van der Waals surface area (Å²) in [6.07, 6.45) is 5.33. The number of rotatable bonds is 2. The van der Waals surface area contributed by atoms with E-state index in [4.69, 9.17) is 0 Å². The summed E-state index contributed by atoms with van der Waals surface area (Å²) >= 11 is 2.94. The van der Waals surface area contributed by atoms with Crippen molar-refractivity contribution in [3.63, 3.8) is 0 Å². The molecule has 100 valence electrons. The summed E-state index contributed by atoms with van der Waals surface area (Å²) in [5, 5.41) is 10.2. The predicted octanol–water partition coefficient (Wildman–Crippen LogP) is 4.73. The monoisotopic (exact) mass is 318 g/mol. The Hall–Kier alpha value is -0.480. The Kier molecular flexibility index (Phi) is 4.73. The number of aliphatic hydroxyl groups is 1. The first-order valence-electron chi connectivity index (χ1n) is 6.42. The van der Waals surface area contributed by atoms with Gasteiger partial charge in [-0.25, -0.2) is 8.78 Å². The molecule has 0 heterocycles. The Bertz CT molecular complexity index is 415. The van der Waals surface area contributed by atoms with Gasteiger partial charge in [0.1, 0.15) is 11.6 Å². The van der Waals surface area contributed by atoms with Crippen molar-refractivity contribution < 1.29 is 13.9 Å². The lowest BCUT2D eigenvalue weighted by Crippen LogP contribution is -2.14. The van der Waals surface area contributed by atoms with Crippen molar-refractivity contribution >= 4 is 15.9 Å². The van der Waals surface area contributed by atoms with Crippen molar-refractivity contribution in [3.05, 3.63) is 33.8 Å². The summed E-state index contributed by atoms with van der Waals surface area (Å²) in [6, 6.07) is 2.19. The Morgan fingerprint density at radius 1 is 1.06 bits per heavy atom. The first-order valence-corrected chi connectivity index (χ1v) is 7.21.